The summed E-state index contributed by atoms with van der Waals surface area (Å²) >= 11 is 2.00. The lowest BCUT2D eigenvalue weighted by atomic mass is 10.00. The first-order valence-electron chi connectivity index (χ1n) is 11.4. The number of pyridine rings is 1. The zero-order valence-electron chi connectivity index (χ0n) is 19.2. The number of hydrogen-bond acceptors (Lipinski definition) is 7. The lowest BCUT2D eigenvalue weighted by Crippen LogP contribution is -2.48. The van der Waals surface area contributed by atoms with E-state index in [-0.39, 0.29) is 22.7 Å². The summed E-state index contributed by atoms with van der Waals surface area (Å²) in [7, 11) is 1.55. The van der Waals surface area contributed by atoms with Gasteiger partial charge in [0.1, 0.15) is 17.5 Å². The largest absolute Gasteiger partial charge is 0.476 e. The molecule has 2 aromatic rings. The van der Waals surface area contributed by atoms with E-state index in [1.54, 1.807) is 31.3 Å². The van der Waals surface area contributed by atoms with E-state index in [1.165, 1.54) is 36.1 Å². The summed E-state index contributed by atoms with van der Waals surface area (Å²) in [6.07, 6.45) is 7.36. The summed E-state index contributed by atoms with van der Waals surface area (Å²) in [5.41, 5.74) is 12.9. The number of ether oxygens (including phenoxy) is 1. The third kappa shape index (κ3) is 5.07. The number of rotatable bonds is 8. The van der Waals surface area contributed by atoms with E-state index in [9.17, 15) is 9.59 Å². The van der Waals surface area contributed by atoms with Crippen molar-refractivity contribution in [2.75, 3.05) is 6.61 Å². The fraction of sp³-hybridized carbons (Fsp3) is 0.400. The first-order valence-corrected chi connectivity index (χ1v) is 12.2. The molecule has 0 atom stereocenters. The van der Waals surface area contributed by atoms with Gasteiger partial charge in [0.15, 0.2) is 0 Å². The zero-order chi connectivity index (χ0) is 24.3. The van der Waals surface area contributed by atoms with Crippen LogP contribution in [0, 0.1) is 11.3 Å². The molecule has 2 aliphatic carbocycles. The molecule has 2 aliphatic rings. The number of nitrogens with two attached hydrogens (primary N) is 2. The van der Waals surface area contributed by atoms with Crippen LogP contribution in [0.2, 0.25) is 0 Å². The minimum atomic E-state index is -0.520. The average Bonchev–Trinajstić information content (AvgIpc) is 3.60. The van der Waals surface area contributed by atoms with E-state index in [2.05, 4.69) is 5.32 Å². The fourth-order valence-corrected chi connectivity index (χ4v) is 5.63. The van der Waals surface area contributed by atoms with Crippen LogP contribution in [0.4, 0.5) is 0 Å². The van der Waals surface area contributed by atoms with Crippen molar-refractivity contribution in [1.29, 1.82) is 5.26 Å². The van der Waals surface area contributed by atoms with Crippen molar-refractivity contribution >= 4 is 29.8 Å². The molecular formula is C25H29N5O3S. The minimum absolute atomic E-state index is 0.0383. The number of aromatic nitrogens is 1. The van der Waals surface area contributed by atoms with Crippen molar-refractivity contribution < 1.29 is 9.53 Å². The molecule has 0 radical (unpaired) electrons. The van der Waals surface area contributed by atoms with Gasteiger partial charge in [-0.1, -0.05) is 18.6 Å². The predicted octanol–water partition coefficient (Wildman–Crippen LogP) is 0.743. The van der Waals surface area contributed by atoms with Crippen LogP contribution in [0.5, 0.6) is 0 Å². The highest BCUT2D eigenvalue weighted by atomic mass is 32.2. The Morgan fingerprint density at radius 1 is 1.35 bits per heavy atom. The van der Waals surface area contributed by atoms with Gasteiger partial charge in [-0.15, -0.1) is 11.8 Å². The monoisotopic (exact) mass is 479 g/mol. The maximum atomic E-state index is 13.0. The van der Waals surface area contributed by atoms with Crippen molar-refractivity contribution in [3.63, 3.8) is 0 Å². The maximum Gasteiger partial charge on any atom is 0.263 e. The Morgan fingerprint density at radius 2 is 2.06 bits per heavy atom. The first kappa shape index (κ1) is 23.8. The maximum absolute atomic E-state index is 13.0. The summed E-state index contributed by atoms with van der Waals surface area (Å²) < 4.78 is 7.37. The molecule has 2 saturated carbocycles. The van der Waals surface area contributed by atoms with Crippen molar-refractivity contribution in [3.8, 4) is 6.07 Å². The van der Waals surface area contributed by atoms with Gasteiger partial charge < -0.3 is 26.1 Å². The highest BCUT2D eigenvalue weighted by Crippen LogP contribution is 2.53. The van der Waals surface area contributed by atoms with Crippen molar-refractivity contribution in [2.45, 2.75) is 48.6 Å². The van der Waals surface area contributed by atoms with E-state index < -0.39 is 11.5 Å². The Balaban J connectivity index is 1.52. The Hall–Kier alpha value is -3.38. The molecule has 34 heavy (non-hydrogen) atoms. The number of hydrogen-bond donors (Lipinski definition) is 3. The first-order chi connectivity index (χ1) is 16.4. The molecule has 0 saturated heterocycles. The molecule has 8 nitrogen and oxygen atoms in total. The SMILES string of the molecule is Cn1c(=O)c(C(=O)NCc2ccc(C#N)cc2)cc(=C/N)/c1=C(\N)OCC1(SC2CCC2)CC1. The van der Waals surface area contributed by atoms with E-state index in [0.29, 0.717) is 28.0 Å². The second-order valence-corrected chi connectivity index (χ2v) is 10.7. The van der Waals surface area contributed by atoms with Crippen LogP contribution in [0.3, 0.4) is 0 Å². The van der Waals surface area contributed by atoms with Crippen LogP contribution in [0.15, 0.2) is 35.1 Å². The van der Waals surface area contributed by atoms with Gasteiger partial charge in [-0.05, 0) is 49.4 Å². The van der Waals surface area contributed by atoms with E-state index in [1.807, 2.05) is 17.8 Å². The molecule has 9 heteroatoms. The highest BCUT2D eigenvalue weighted by molar-refractivity contribution is 8.01. The number of carbonyl (C=O) groups is 1. The molecule has 0 spiro atoms. The van der Waals surface area contributed by atoms with Gasteiger partial charge in [-0.25, -0.2) is 0 Å². The van der Waals surface area contributed by atoms with E-state index in [4.69, 9.17) is 21.5 Å². The molecular weight excluding hydrogens is 450 g/mol. The van der Waals surface area contributed by atoms with Crippen LogP contribution in [-0.4, -0.2) is 27.1 Å². The van der Waals surface area contributed by atoms with Gasteiger partial charge in [-0.3, -0.25) is 9.59 Å². The van der Waals surface area contributed by atoms with Crippen LogP contribution in [0.25, 0.3) is 12.1 Å². The van der Waals surface area contributed by atoms with Crippen molar-refractivity contribution in [3.05, 3.63) is 67.9 Å². The molecule has 5 N–H and O–H groups in total. The summed E-state index contributed by atoms with van der Waals surface area (Å²) in [5.74, 6) is -0.394. The molecule has 1 amide bonds. The van der Waals surface area contributed by atoms with Crippen LogP contribution >= 0.6 is 11.8 Å². The molecule has 1 heterocycles. The molecule has 2 fully saturated rings. The number of nitrogens with zero attached hydrogens (tertiary/aromatic N) is 2. The molecule has 0 unspecified atom stereocenters. The molecule has 4 rings (SSSR count). The normalized spacial score (nSPS) is 17.9. The highest BCUT2D eigenvalue weighted by Gasteiger charge is 2.47. The zero-order valence-corrected chi connectivity index (χ0v) is 20.0. The molecule has 1 aromatic heterocycles. The average molecular weight is 480 g/mol. The third-order valence-corrected chi connectivity index (χ3v) is 8.24. The van der Waals surface area contributed by atoms with Gasteiger partial charge in [0, 0.05) is 30.3 Å². The Bertz CT molecular complexity index is 1300. The lowest BCUT2D eigenvalue weighted by molar-refractivity contribution is 0.0948. The van der Waals surface area contributed by atoms with Crippen molar-refractivity contribution in [2.24, 2.45) is 18.5 Å². The molecule has 178 valence electrons. The van der Waals surface area contributed by atoms with Crippen LogP contribution in [0.1, 0.15) is 53.6 Å². The molecule has 0 aliphatic heterocycles. The number of thioether (sulfide) groups is 1. The lowest BCUT2D eigenvalue weighted by Gasteiger charge is -2.29. The summed E-state index contributed by atoms with van der Waals surface area (Å²) in [4.78, 5) is 25.7. The Kier molecular flexibility index (Phi) is 6.89. The van der Waals surface area contributed by atoms with Gasteiger partial charge in [0.05, 0.1) is 16.4 Å². The van der Waals surface area contributed by atoms with Gasteiger partial charge in [0.2, 0.25) is 5.88 Å². The van der Waals surface area contributed by atoms with Gasteiger partial charge in [-0.2, -0.15) is 5.26 Å². The predicted molar refractivity (Wildman–Crippen MR) is 133 cm³/mol. The second kappa shape index (κ2) is 9.85. The Morgan fingerprint density at radius 3 is 2.62 bits per heavy atom. The minimum Gasteiger partial charge on any atom is -0.476 e. The topological polar surface area (TPSA) is 136 Å². The molecule has 0 bridgehead atoms. The standard InChI is InChI=1S/C25H29N5O3S/c1-30-21(22(28)33-15-25(9-10-25)34-19-3-2-4-19)18(13-27)11-20(24(30)32)23(31)29-14-17-7-5-16(12-26)6-8-17/h5-8,11,13,19H,2-4,9-10,14-15,27-28H2,1H3,(H,29,31)/b18-13-,22-21-. The molecule has 1 aromatic carbocycles. The van der Waals surface area contributed by atoms with Crippen LogP contribution in [-0.2, 0) is 18.3 Å². The number of nitrogens with one attached hydrogen (secondary N) is 1. The number of benzene rings is 1. The quantitative estimate of drug-likeness (QED) is 0.508. The van der Waals surface area contributed by atoms with E-state index in [0.717, 1.165) is 18.4 Å². The summed E-state index contributed by atoms with van der Waals surface area (Å²) in [5, 5.41) is 13.2. The number of carbonyl (C=O) groups excluding carboxylic acids is 1. The smallest absolute Gasteiger partial charge is 0.263 e. The van der Waals surface area contributed by atoms with Gasteiger partial charge in [0.25, 0.3) is 11.5 Å². The Labute approximate surface area is 202 Å². The summed E-state index contributed by atoms with van der Waals surface area (Å²) in [6, 6.07) is 10.3. The fourth-order valence-electron chi connectivity index (χ4n) is 3.89. The van der Waals surface area contributed by atoms with E-state index >= 15 is 0 Å². The number of nitriles is 1. The third-order valence-electron chi connectivity index (χ3n) is 6.40. The van der Waals surface area contributed by atoms with Gasteiger partial charge >= 0.3 is 0 Å². The second-order valence-electron chi connectivity index (χ2n) is 8.89. The van der Waals surface area contributed by atoms with Crippen LogP contribution < -0.4 is 32.9 Å². The van der Waals surface area contributed by atoms with Crippen molar-refractivity contribution in [1.82, 2.24) is 9.88 Å². The number of amides is 1. The summed E-state index contributed by atoms with van der Waals surface area (Å²) in [6.45, 7) is 0.709.